The van der Waals surface area contributed by atoms with E-state index in [1.54, 1.807) is 0 Å². The molecule has 0 amide bonds. The number of hydrogen-bond acceptors (Lipinski definition) is 2. The van der Waals surface area contributed by atoms with Crippen molar-refractivity contribution < 1.29 is 9.53 Å². The van der Waals surface area contributed by atoms with Crippen LogP contribution in [0.15, 0.2) is 18.2 Å². The number of halogens is 1. The van der Waals surface area contributed by atoms with E-state index in [-0.39, 0.29) is 5.41 Å². The fourth-order valence-corrected chi connectivity index (χ4v) is 3.34. The molecule has 2 nitrogen and oxygen atoms in total. The van der Waals surface area contributed by atoms with Crippen LogP contribution in [0.1, 0.15) is 30.4 Å². The normalized spacial score (nSPS) is 22.5. The zero-order chi connectivity index (χ0) is 11.9. The van der Waals surface area contributed by atoms with Gasteiger partial charge in [-0.05, 0) is 42.5 Å². The maximum absolute atomic E-state index is 12.3. The Morgan fingerprint density at radius 1 is 1.18 bits per heavy atom. The number of Topliss-reactive ketones (excluding diaryl/α,β-unsaturated/α-hetero) is 1. The van der Waals surface area contributed by atoms with Gasteiger partial charge in [0.15, 0.2) is 0 Å². The van der Waals surface area contributed by atoms with Crippen LogP contribution in [-0.4, -0.2) is 19.0 Å². The molecule has 1 aromatic carbocycles. The summed E-state index contributed by atoms with van der Waals surface area (Å²) in [7, 11) is 0. The first kappa shape index (κ1) is 11.2. The van der Waals surface area contributed by atoms with Gasteiger partial charge in [0.2, 0.25) is 0 Å². The molecular formula is C14H15ClO2. The van der Waals surface area contributed by atoms with Crippen molar-refractivity contribution in [1.29, 1.82) is 0 Å². The Labute approximate surface area is 106 Å². The Hall–Kier alpha value is -0.860. The summed E-state index contributed by atoms with van der Waals surface area (Å²) in [5, 5.41) is 0.764. The predicted octanol–water partition coefficient (Wildman–Crippen LogP) is 2.90. The van der Waals surface area contributed by atoms with Crippen LogP contribution in [-0.2, 0) is 21.4 Å². The van der Waals surface area contributed by atoms with E-state index in [0.29, 0.717) is 25.4 Å². The second-order valence-electron chi connectivity index (χ2n) is 4.92. The predicted molar refractivity (Wildman–Crippen MR) is 66.5 cm³/mol. The third-order valence-electron chi connectivity index (χ3n) is 4.08. The highest BCUT2D eigenvalue weighted by atomic mass is 35.5. The minimum absolute atomic E-state index is 0.281. The smallest absolute Gasteiger partial charge is 0.143 e. The van der Waals surface area contributed by atoms with Crippen LogP contribution in [0.25, 0.3) is 0 Å². The van der Waals surface area contributed by atoms with Crippen LogP contribution in [0.3, 0.4) is 0 Å². The molecule has 1 fully saturated rings. The highest BCUT2D eigenvalue weighted by Crippen LogP contribution is 2.42. The summed E-state index contributed by atoms with van der Waals surface area (Å²) >= 11 is 6.03. The Bertz CT molecular complexity index is 461. The first-order valence-electron chi connectivity index (χ1n) is 6.12. The highest BCUT2D eigenvalue weighted by Gasteiger charge is 2.44. The average molecular weight is 251 g/mol. The summed E-state index contributed by atoms with van der Waals surface area (Å²) in [6, 6.07) is 5.96. The number of rotatable bonds is 0. The second kappa shape index (κ2) is 4.11. The molecule has 3 rings (SSSR count). The molecule has 17 heavy (non-hydrogen) atoms. The van der Waals surface area contributed by atoms with Gasteiger partial charge >= 0.3 is 0 Å². The SMILES string of the molecule is O=C1CCc2cc(Cl)ccc2C12CCOCC2. The summed E-state index contributed by atoms with van der Waals surface area (Å²) in [5.74, 6) is 0.385. The Kier molecular flexibility index (Phi) is 2.72. The van der Waals surface area contributed by atoms with Crippen LogP contribution in [0.2, 0.25) is 5.02 Å². The standard InChI is InChI=1S/C14H15ClO2/c15-11-2-3-12-10(9-11)1-4-13(16)14(12)5-7-17-8-6-14/h2-3,9H,1,4-8H2. The number of ketones is 1. The monoisotopic (exact) mass is 250 g/mol. The number of carbonyl (C=O) groups excluding carboxylic acids is 1. The van der Waals surface area contributed by atoms with Crippen LogP contribution in [0.4, 0.5) is 0 Å². The highest BCUT2D eigenvalue weighted by molar-refractivity contribution is 6.30. The van der Waals surface area contributed by atoms with Gasteiger partial charge < -0.3 is 4.74 Å². The molecule has 0 unspecified atom stereocenters. The molecule has 0 atom stereocenters. The van der Waals surface area contributed by atoms with Crippen molar-refractivity contribution in [1.82, 2.24) is 0 Å². The maximum atomic E-state index is 12.3. The molecule has 3 heteroatoms. The molecule has 1 aliphatic carbocycles. The van der Waals surface area contributed by atoms with E-state index in [4.69, 9.17) is 16.3 Å². The Morgan fingerprint density at radius 2 is 1.94 bits per heavy atom. The molecule has 0 saturated carbocycles. The van der Waals surface area contributed by atoms with Crippen molar-refractivity contribution in [2.24, 2.45) is 0 Å². The molecule has 2 aliphatic rings. The van der Waals surface area contributed by atoms with Crippen molar-refractivity contribution in [3.05, 3.63) is 34.3 Å². The van der Waals surface area contributed by atoms with Crippen LogP contribution >= 0.6 is 11.6 Å². The lowest BCUT2D eigenvalue weighted by Gasteiger charge is -2.40. The number of ether oxygens (including phenoxy) is 1. The van der Waals surface area contributed by atoms with Gasteiger partial charge in [0.1, 0.15) is 5.78 Å². The molecule has 1 spiro atoms. The molecule has 0 radical (unpaired) electrons. The van der Waals surface area contributed by atoms with E-state index in [2.05, 4.69) is 0 Å². The lowest BCUT2D eigenvalue weighted by Crippen LogP contribution is -2.44. The van der Waals surface area contributed by atoms with Gasteiger partial charge in [0.25, 0.3) is 0 Å². The molecule has 1 aliphatic heterocycles. The average Bonchev–Trinajstić information content (AvgIpc) is 2.35. The Balaban J connectivity index is 2.12. The third-order valence-corrected chi connectivity index (χ3v) is 4.32. The Morgan fingerprint density at radius 3 is 2.71 bits per heavy atom. The number of carbonyl (C=O) groups is 1. The fourth-order valence-electron chi connectivity index (χ4n) is 3.14. The quantitative estimate of drug-likeness (QED) is 0.708. The van der Waals surface area contributed by atoms with E-state index >= 15 is 0 Å². The summed E-state index contributed by atoms with van der Waals surface area (Å²) in [6.45, 7) is 1.38. The largest absolute Gasteiger partial charge is 0.381 e. The fraction of sp³-hybridized carbons (Fsp3) is 0.500. The lowest BCUT2D eigenvalue weighted by atomic mass is 9.65. The molecule has 0 N–H and O–H groups in total. The first-order chi connectivity index (χ1) is 8.22. The van der Waals surface area contributed by atoms with E-state index in [1.165, 1.54) is 11.1 Å². The number of aryl methyl sites for hydroxylation is 1. The lowest BCUT2D eigenvalue weighted by molar-refractivity contribution is -0.128. The summed E-state index contributed by atoms with van der Waals surface area (Å²) in [4.78, 5) is 12.3. The number of benzene rings is 1. The maximum Gasteiger partial charge on any atom is 0.143 e. The van der Waals surface area contributed by atoms with Gasteiger partial charge in [-0.3, -0.25) is 4.79 Å². The van der Waals surface area contributed by atoms with E-state index in [9.17, 15) is 4.79 Å². The zero-order valence-corrected chi connectivity index (χ0v) is 10.4. The van der Waals surface area contributed by atoms with E-state index < -0.39 is 0 Å². The van der Waals surface area contributed by atoms with Gasteiger partial charge in [0, 0.05) is 24.7 Å². The van der Waals surface area contributed by atoms with E-state index in [1.807, 2.05) is 18.2 Å². The zero-order valence-electron chi connectivity index (χ0n) is 9.67. The van der Waals surface area contributed by atoms with Crippen molar-refractivity contribution in [3.8, 4) is 0 Å². The van der Waals surface area contributed by atoms with Crippen LogP contribution in [0.5, 0.6) is 0 Å². The van der Waals surface area contributed by atoms with Gasteiger partial charge in [-0.15, -0.1) is 0 Å². The van der Waals surface area contributed by atoms with Crippen LogP contribution in [0, 0.1) is 0 Å². The molecule has 90 valence electrons. The van der Waals surface area contributed by atoms with Crippen LogP contribution < -0.4 is 0 Å². The minimum atomic E-state index is -0.281. The molecule has 0 aromatic heterocycles. The van der Waals surface area contributed by atoms with E-state index in [0.717, 1.165) is 24.3 Å². The first-order valence-corrected chi connectivity index (χ1v) is 6.50. The van der Waals surface area contributed by atoms with Crippen molar-refractivity contribution in [2.75, 3.05) is 13.2 Å². The molecular weight excluding hydrogens is 236 g/mol. The summed E-state index contributed by atoms with van der Waals surface area (Å²) < 4.78 is 5.41. The summed E-state index contributed by atoms with van der Waals surface area (Å²) in [6.07, 6.45) is 3.12. The molecule has 1 saturated heterocycles. The number of hydrogen-bond donors (Lipinski definition) is 0. The van der Waals surface area contributed by atoms with Gasteiger partial charge in [0.05, 0.1) is 5.41 Å². The van der Waals surface area contributed by atoms with Gasteiger partial charge in [-0.1, -0.05) is 17.7 Å². The minimum Gasteiger partial charge on any atom is -0.381 e. The molecule has 1 heterocycles. The van der Waals surface area contributed by atoms with Crippen molar-refractivity contribution >= 4 is 17.4 Å². The van der Waals surface area contributed by atoms with Gasteiger partial charge in [-0.25, -0.2) is 0 Å². The van der Waals surface area contributed by atoms with Gasteiger partial charge in [-0.2, -0.15) is 0 Å². The number of fused-ring (bicyclic) bond motifs is 2. The van der Waals surface area contributed by atoms with Crippen molar-refractivity contribution in [3.63, 3.8) is 0 Å². The topological polar surface area (TPSA) is 26.3 Å². The molecule has 0 bridgehead atoms. The van der Waals surface area contributed by atoms with Crippen molar-refractivity contribution in [2.45, 2.75) is 31.1 Å². The second-order valence-corrected chi connectivity index (χ2v) is 5.36. The molecule has 1 aromatic rings. The third kappa shape index (κ3) is 1.71. The summed E-state index contributed by atoms with van der Waals surface area (Å²) in [5.41, 5.74) is 2.16.